The predicted molar refractivity (Wildman–Crippen MR) is 123 cm³/mol. The van der Waals surface area contributed by atoms with Crippen LogP contribution < -0.4 is 15.0 Å². The van der Waals surface area contributed by atoms with Gasteiger partial charge in [-0.3, -0.25) is 9.78 Å². The first-order valence-electron chi connectivity index (χ1n) is 10.8. The maximum Gasteiger partial charge on any atom is 0.251 e. The summed E-state index contributed by atoms with van der Waals surface area (Å²) in [6.07, 6.45) is 5.34. The van der Waals surface area contributed by atoms with Crippen LogP contribution in [-0.4, -0.2) is 42.2 Å². The fraction of sp³-hybridized carbons (Fsp3) is 0.320. The molecule has 1 aliphatic heterocycles. The number of amides is 1. The summed E-state index contributed by atoms with van der Waals surface area (Å²) in [4.78, 5) is 23.6. The number of benzene rings is 1. The Balaban J connectivity index is 1.34. The van der Waals surface area contributed by atoms with Gasteiger partial charge in [-0.25, -0.2) is 4.98 Å². The smallest absolute Gasteiger partial charge is 0.251 e. The number of aryl methyl sites for hydroxylation is 2. The molecule has 1 N–H and O–H groups in total. The van der Waals surface area contributed by atoms with Crippen molar-refractivity contribution >= 4 is 11.7 Å². The van der Waals surface area contributed by atoms with E-state index in [0.717, 1.165) is 60.1 Å². The number of carbonyl (C=O) groups is 1. The third kappa shape index (κ3) is 5.42. The summed E-state index contributed by atoms with van der Waals surface area (Å²) in [7, 11) is 0. The van der Waals surface area contributed by atoms with Gasteiger partial charge in [0.2, 0.25) is 0 Å². The van der Waals surface area contributed by atoms with Crippen LogP contribution >= 0.6 is 0 Å². The molecule has 1 amide bonds. The van der Waals surface area contributed by atoms with Crippen LogP contribution in [0.5, 0.6) is 5.75 Å². The molecule has 3 heterocycles. The Kier molecular flexibility index (Phi) is 6.97. The molecule has 0 bridgehead atoms. The molecule has 1 saturated heterocycles. The Bertz CT molecular complexity index is 1030. The van der Waals surface area contributed by atoms with E-state index in [1.165, 1.54) is 0 Å². The van der Waals surface area contributed by atoms with Gasteiger partial charge in [0.05, 0.1) is 13.2 Å². The Morgan fingerprint density at radius 2 is 1.88 bits per heavy atom. The minimum atomic E-state index is -0.118. The lowest BCUT2D eigenvalue weighted by Gasteiger charge is -2.27. The first-order chi connectivity index (χ1) is 15.6. The second-order valence-corrected chi connectivity index (χ2v) is 7.90. The van der Waals surface area contributed by atoms with Crippen LogP contribution in [0.3, 0.4) is 0 Å². The monoisotopic (exact) mass is 432 g/mol. The molecule has 1 aliphatic rings. The van der Waals surface area contributed by atoms with Gasteiger partial charge in [0.1, 0.15) is 18.2 Å². The number of morpholine rings is 1. The number of aromatic nitrogens is 2. The van der Waals surface area contributed by atoms with Gasteiger partial charge in [-0.15, -0.1) is 0 Å². The third-order valence-corrected chi connectivity index (χ3v) is 5.43. The summed E-state index contributed by atoms with van der Waals surface area (Å²) < 4.78 is 11.4. The van der Waals surface area contributed by atoms with Gasteiger partial charge in [-0.2, -0.15) is 0 Å². The molecule has 7 heteroatoms. The van der Waals surface area contributed by atoms with Crippen molar-refractivity contribution in [3.63, 3.8) is 0 Å². The molecule has 0 aliphatic carbocycles. The van der Waals surface area contributed by atoms with Crippen molar-refractivity contribution in [3.05, 3.63) is 82.8 Å². The van der Waals surface area contributed by atoms with E-state index < -0.39 is 0 Å². The molecule has 0 atom stereocenters. The SMILES string of the molecule is Cc1cc(C(=O)NCc2ccc(N3CCOCC3)nc2)cc(C)c1OCc1cccnc1. The van der Waals surface area contributed by atoms with Gasteiger partial charge in [0.15, 0.2) is 0 Å². The highest BCUT2D eigenvalue weighted by Crippen LogP contribution is 2.26. The van der Waals surface area contributed by atoms with Gasteiger partial charge >= 0.3 is 0 Å². The molecule has 0 spiro atoms. The topological polar surface area (TPSA) is 76.6 Å². The lowest BCUT2D eigenvalue weighted by atomic mass is 10.0. The Morgan fingerprint density at radius 3 is 2.53 bits per heavy atom. The summed E-state index contributed by atoms with van der Waals surface area (Å²) in [6, 6.07) is 11.6. The highest BCUT2D eigenvalue weighted by Gasteiger charge is 2.14. The summed E-state index contributed by atoms with van der Waals surface area (Å²) in [6.45, 7) is 7.93. The van der Waals surface area contributed by atoms with Crippen LogP contribution in [0.25, 0.3) is 0 Å². The zero-order chi connectivity index (χ0) is 22.3. The number of pyridine rings is 2. The Morgan fingerprint density at radius 1 is 1.09 bits per heavy atom. The van der Waals surface area contributed by atoms with Crippen molar-refractivity contribution in [3.8, 4) is 5.75 Å². The Labute approximate surface area is 188 Å². The highest BCUT2D eigenvalue weighted by molar-refractivity contribution is 5.94. The van der Waals surface area contributed by atoms with Gasteiger partial charge in [0.25, 0.3) is 5.91 Å². The van der Waals surface area contributed by atoms with Crippen molar-refractivity contribution in [1.29, 1.82) is 0 Å². The van der Waals surface area contributed by atoms with Crippen molar-refractivity contribution in [2.24, 2.45) is 0 Å². The maximum absolute atomic E-state index is 12.7. The molecule has 4 rings (SSSR count). The second-order valence-electron chi connectivity index (χ2n) is 7.90. The molecular formula is C25H28N4O3. The Hall–Kier alpha value is -3.45. The molecule has 32 heavy (non-hydrogen) atoms. The molecule has 0 radical (unpaired) electrons. The molecule has 3 aromatic rings. The molecule has 7 nitrogen and oxygen atoms in total. The van der Waals surface area contributed by atoms with Crippen LogP contribution in [0.15, 0.2) is 55.0 Å². The largest absolute Gasteiger partial charge is 0.488 e. The number of nitrogens with zero attached hydrogens (tertiary/aromatic N) is 3. The van der Waals surface area contributed by atoms with Crippen molar-refractivity contribution in [2.45, 2.75) is 27.0 Å². The lowest BCUT2D eigenvalue weighted by molar-refractivity contribution is 0.0950. The molecular weight excluding hydrogens is 404 g/mol. The van der Waals surface area contributed by atoms with E-state index in [4.69, 9.17) is 9.47 Å². The van der Waals surface area contributed by atoms with Gasteiger partial charge < -0.3 is 19.7 Å². The van der Waals surface area contributed by atoms with E-state index in [9.17, 15) is 4.79 Å². The normalized spacial score (nSPS) is 13.6. The number of carbonyl (C=O) groups excluding carboxylic acids is 1. The van der Waals surface area contributed by atoms with Crippen LogP contribution in [-0.2, 0) is 17.9 Å². The van der Waals surface area contributed by atoms with Gasteiger partial charge in [-0.1, -0.05) is 12.1 Å². The van der Waals surface area contributed by atoms with E-state index in [1.54, 1.807) is 12.4 Å². The second kappa shape index (κ2) is 10.2. The summed E-state index contributed by atoms with van der Waals surface area (Å²) in [5, 5.41) is 2.98. The van der Waals surface area contributed by atoms with Gasteiger partial charge in [0, 0.05) is 49.4 Å². The van der Waals surface area contributed by atoms with Crippen LogP contribution in [0.4, 0.5) is 5.82 Å². The first-order valence-corrected chi connectivity index (χ1v) is 10.8. The average Bonchev–Trinajstić information content (AvgIpc) is 2.83. The van der Waals surface area contributed by atoms with Crippen LogP contribution in [0.1, 0.15) is 32.6 Å². The number of ether oxygens (including phenoxy) is 2. The average molecular weight is 433 g/mol. The molecule has 0 saturated carbocycles. The first kappa shape index (κ1) is 21.8. The number of anilines is 1. The van der Waals surface area contributed by atoms with E-state index >= 15 is 0 Å². The molecule has 0 unspecified atom stereocenters. The number of hydrogen-bond acceptors (Lipinski definition) is 6. The van der Waals surface area contributed by atoms with Gasteiger partial charge in [-0.05, 0) is 54.8 Å². The van der Waals surface area contributed by atoms with Crippen LogP contribution in [0, 0.1) is 13.8 Å². The van der Waals surface area contributed by atoms with E-state index in [0.29, 0.717) is 18.7 Å². The minimum absolute atomic E-state index is 0.118. The standard InChI is InChI=1S/C25H28N4O3/c1-18-12-22(13-19(2)24(18)32-17-21-4-3-7-26-14-21)25(30)28-16-20-5-6-23(27-15-20)29-8-10-31-11-9-29/h3-7,12-15H,8-11,16-17H2,1-2H3,(H,28,30). The molecule has 1 fully saturated rings. The van der Waals surface area contributed by atoms with Crippen molar-refractivity contribution in [1.82, 2.24) is 15.3 Å². The predicted octanol–water partition coefficient (Wildman–Crippen LogP) is 3.44. The number of rotatable bonds is 7. The third-order valence-electron chi connectivity index (χ3n) is 5.43. The zero-order valence-electron chi connectivity index (χ0n) is 18.5. The molecule has 2 aromatic heterocycles. The maximum atomic E-state index is 12.7. The summed E-state index contributed by atoms with van der Waals surface area (Å²) in [5.74, 6) is 1.62. The van der Waals surface area contributed by atoms with Crippen molar-refractivity contribution < 1.29 is 14.3 Å². The number of hydrogen-bond donors (Lipinski definition) is 1. The molecule has 166 valence electrons. The fourth-order valence-corrected chi connectivity index (χ4v) is 3.73. The lowest BCUT2D eigenvalue weighted by Crippen LogP contribution is -2.36. The van der Waals surface area contributed by atoms with E-state index in [1.807, 2.05) is 56.4 Å². The quantitative estimate of drug-likeness (QED) is 0.616. The molecule has 1 aromatic carbocycles. The van der Waals surface area contributed by atoms with Crippen molar-refractivity contribution in [2.75, 3.05) is 31.2 Å². The summed E-state index contributed by atoms with van der Waals surface area (Å²) in [5.41, 5.74) is 4.43. The fourth-order valence-electron chi connectivity index (χ4n) is 3.73. The zero-order valence-corrected chi connectivity index (χ0v) is 18.5. The van der Waals surface area contributed by atoms with E-state index in [-0.39, 0.29) is 5.91 Å². The highest BCUT2D eigenvalue weighted by atomic mass is 16.5. The summed E-state index contributed by atoms with van der Waals surface area (Å²) >= 11 is 0. The minimum Gasteiger partial charge on any atom is -0.488 e. The number of nitrogens with one attached hydrogen (secondary N) is 1. The van der Waals surface area contributed by atoms with Crippen LogP contribution in [0.2, 0.25) is 0 Å². The van der Waals surface area contributed by atoms with E-state index in [2.05, 4.69) is 20.2 Å².